The molecule has 1 unspecified atom stereocenters. The van der Waals surface area contributed by atoms with Gasteiger partial charge in [-0.05, 0) is 56.5 Å². The summed E-state index contributed by atoms with van der Waals surface area (Å²) in [5.41, 5.74) is 3.36. The summed E-state index contributed by atoms with van der Waals surface area (Å²) >= 11 is 0. The Labute approximate surface area is 214 Å². The molecule has 1 amide bonds. The molecular formula is C28H29N5O4. The van der Waals surface area contributed by atoms with Crippen molar-refractivity contribution < 1.29 is 19.4 Å². The minimum Gasteiger partial charge on any atom is -0.505 e. The van der Waals surface area contributed by atoms with Crippen LogP contribution in [0.5, 0.6) is 5.75 Å². The summed E-state index contributed by atoms with van der Waals surface area (Å²) < 4.78 is 9.37. The summed E-state index contributed by atoms with van der Waals surface area (Å²) in [7, 11) is 0. The van der Waals surface area contributed by atoms with E-state index in [0.717, 1.165) is 5.56 Å². The van der Waals surface area contributed by atoms with Gasteiger partial charge in [-0.15, -0.1) is 0 Å². The van der Waals surface area contributed by atoms with E-state index in [-0.39, 0.29) is 11.3 Å². The second-order valence-corrected chi connectivity index (χ2v) is 9.08. The van der Waals surface area contributed by atoms with Gasteiger partial charge in [0.05, 0.1) is 30.2 Å². The van der Waals surface area contributed by atoms with Crippen molar-refractivity contribution in [3.8, 4) is 5.75 Å². The molecule has 4 aromatic rings. The van der Waals surface area contributed by atoms with Gasteiger partial charge in [0.2, 0.25) is 0 Å². The smallest absolute Gasteiger partial charge is 0.295 e. The molecule has 37 heavy (non-hydrogen) atoms. The van der Waals surface area contributed by atoms with Crippen molar-refractivity contribution in [2.45, 2.75) is 39.8 Å². The average molecular weight is 500 g/mol. The largest absolute Gasteiger partial charge is 0.505 e. The number of pyridine rings is 1. The van der Waals surface area contributed by atoms with E-state index >= 15 is 0 Å². The normalized spacial score (nSPS) is 17.2. The number of aromatic nitrogens is 4. The minimum absolute atomic E-state index is 0.0425. The molecule has 0 spiro atoms. The van der Waals surface area contributed by atoms with Gasteiger partial charge in [0.1, 0.15) is 17.1 Å². The maximum atomic E-state index is 13.4. The minimum atomic E-state index is -0.747. The Morgan fingerprint density at radius 1 is 1.08 bits per heavy atom. The number of carbonyl (C=O) groups is 2. The first kappa shape index (κ1) is 24.3. The second kappa shape index (κ2) is 9.93. The highest BCUT2D eigenvalue weighted by atomic mass is 16.5. The summed E-state index contributed by atoms with van der Waals surface area (Å²) in [4.78, 5) is 36.9. The monoisotopic (exact) mass is 499 g/mol. The lowest BCUT2D eigenvalue weighted by atomic mass is 9.96. The highest BCUT2D eigenvalue weighted by Crippen LogP contribution is 2.40. The molecule has 1 atom stereocenters. The molecule has 0 aliphatic carbocycles. The fourth-order valence-corrected chi connectivity index (χ4v) is 4.89. The summed E-state index contributed by atoms with van der Waals surface area (Å²) in [6.07, 6.45) is 7.74. The number of likely N-dealkylation sites (tertiary alicyclic amines) is 1. The summed E-state index contributed by atoms with van der Waals surface area (Å²) in [6.45, 7) is 7.18. The highest BCUT2D eigenvalue weighted by molar-refractivity contribution is 6.46. The Morgan fingerprint density at radius 2 is 1.86 bits per heavy atom. The third-order valence-corrected chi connectivity index (χ3v) is 6.73. The Balaban J connectivity index is 1.59. The van der Waals surface area contributed by atoms with Crippen molar-refractivity contribution >= 4 is 23.1 Å². The number of ketones is 1. The molecule has 3 aromatic heterocycles. The van der Waals surface area contributed by atoms with Crippen molar-refractivity contribution in [1.82, 2.24) is 23.8 Å². The van der Waals surface area contributed by atoms with Crippen LogP contribution in [0.1, 0.15) is 41.9 Å². The van der Waals surface area contributed by atoms with Crippen molar-refractivity contribution in [1.29, 1.82) is 0 Å². The molecule has 0 bridgehead atoms. The Hall–Kier alpha value is -4.40. The van der Waals surface area contributed by atoms with Crippen LogP contribution < -0.4 is 4.74 Å². The first-order valence-electron chi connectivity index (χ1n) is 12.3. The summed E-state index contributed by atoms with van der Waals surface area (Å²) in [6, 6.07) is 10.4. The number of aliphatic hydroxyl groups excluding tert-OH is 1. The fourth-order valence-electron chi connectivity index (χ4n) is 4.89. The van der Waals surface area contributed by atoms with E-state index in [2.05, 4.69) is 9.97 Å². The number of carbonyl (C=O) groups excluding carboxylic acids is 2. The Bertz CT molecular complexity index is 1490. The predicted octanol–water partition coefficient (Wildman–Crippen LogP) is 4.06. The zero-order valence-corrected chi connectivity index (χ0v) is 21.1. The summed E-state index contributed by atoms with van der Waals surface area (Å²) in [5, 5.41) is 11.5. The van der Waals surface area contributed by atoms with Gasteiger partial charge in [-0.1, -0.05) is 18.2 Å². The number of hydrogen-bond donors (Lipinski definition) is 1. The Morgan fingerprint density at radius 3 is 2.54 bits per heavy atom. The van der Waals surface area contributed by atoms with Crippen LogP contribution in [-0.4, -0.2) is 53.8 Å². The number of hydrogen-bond acceptors (Lipinski definition) is 6. The number of nitrogens with zero attached hydrogens (tertiary/aromatic N) is 5. The van der Waals surface area contributed by atoms with Gasteiger partial charge >= 0.3 is 0 Å². The highest BCUT2D eigenvalue weighted by Gasteiger charge is 2.46. The van der Waals surface area contributed by atoms with Crippen LogP contribution in [0, 0.1) is 13.8 Å². The lowest BCUT2D eigenvalue weighted by Crippen LogP contribution is -2.31. The van der Waals surface area contributed by atoms with Crippen molar-refractivity contribution in [2.75, 3.05) is 13.2 Å². The first-order chi connectivity index (χ1) is 17.9. The molecule has 1 aromatic carbocycles. The van der Waals surface area contributed by atoms with Gasteiger partial charge in [0.25, 0.3) is 11.7 Å². The van der Waals surface area contributed by atoms with E-state index in [1.54, 1.807) is 12.5 Å². The quantitative estimate of drug-likeness (QED) is 0.223. The van der Waals surface area contributed by atoms with Crippen LogP contribution >= 0.6 is 0 Å². The Kier molecular flexibility index (Phi) is 6.52. The van der Waals surface area contributed by atoms with Crippen molar-refractivity contribution in [3.63, 3.8) is 0 Å². The third kappa shape index (κ3) is 4.37. The van der Waals surface area contributed by atoms with Crippen LogP contribution in [-0.2, 0) is 16.1 Å². The fraction of sp³-hybridized carbons (Fsp3) is 0.286. The van der Waals surface area contributed by atoms with Gasteiger partial charge < -0.3 is 23.7 Å². The summed E-state index contributed by atoms with van der Waals surface area (Å²) in [5.74, 6) is -0.930. The second-order valence-electron chi connectivity index (χ2n) is 9.08. The maximum absolute atomic E-state index is 13.4. The van der Waals surface area contributed by atoms with Gasteiger partial charge in [-0.2, -0.15) is 0 Å². The molecular weight excluding hydrogens is 470 g/mol. The molecule has 1 saturated heterocycles. The van der Waals surface area contributed by atoms with E-state index < -0.39 is 17.7 Å². The van der Waals surface area contributed by atoms with E-state index in [0.29, 0.717) is 54.5 Å². The molecule has 1 N–H and O–H groups in total. The number of ether oxygens (including phenoxy) is 1. The molecule has 1 fully saturated rings. The van der Waals surface area contributed by atoms with Crippen molar-refractivity contribution in [3.05, 3.63) is 89.4 Å². The number of imidazole rings is 2. The first-order valence-corrected chi connectivity index (χ1v) is 12.3. The molecule has 0 radical (unpaired) electrons. The number of benzene rings is 1. The van der Waals surface area contributed by atoms with E-state index in [4.69, 9.17) is 4.74 Å². The number of rotatable bonds is 8. The van der Waals surface area contributed by atoms with Crippen LogP contribution in [0.15, 0.2) is 66.9 Å². The molecule has 190 valence electrons. The standard InChI is InChI=1S/C28H29N5O4/c1-4-37-21-10-8-20(9-11-21)24-22(25(34)23-19(3)32-14-5-7-18(2)27(32)30-23)26(35)28(36)33(24)15-6-13-31-16-12-29-17-31/h5,7-12,14,16-17,24,34H,4,6,13,15H2,1-3H3. The van der Waals surface area contributed by atoms with Gasteiger partial charge in [-0.25, -0.2) is 9.97 Å². The number of fused-ring (bicyclic) bond motifs is 1. The van der Waals surface area contributed by atoms with Crippen LogP contribution in [0.4, 0.5) is 0 Å². The molecule has 9 nitrogen and oxygen atoms in total. The predicted molar refractivity (Wildman–Crippen MR) is 138 cm³/mol. The lowest BCUT2D eigenvalue weighted by molar-refractivity contribution is -0.139. The maximum Gasteiger partial charge on any atom is 0.295 e. The lowest BCUT2D eigenvalue weighted by Gasteiger charge is -2.25. The van der Waals surface area contributed by atoms with Crippen LogP contribution in [0.2, 0.25) is 0 Å². The number of aryl methyl sites for hydroxylation is 3. The topological polar surface area (TPSA) is 102 Å². The zero-order valence-electron chi connectivity index (χ0n) is 21.1. The third-order valence-electron chi connectivity index (χ3n) is 6.73. The number of Topliss-reactive ketones (excluding diaryl/α,β-unsaturated/α-hetero) is 1. The average Bonchev–Trinajstić information content (AvgIpc) is 3.59. The number of aliphatic hydroxyl groups is 1. The van der Waals surface area contributed by atoms with E-state index in [1.807, 2.05) is 78.5 Å². The molecule has 9 heteroatoms. The molecule has 1 aliphatic heterocycles. The van der Waals surface area contributed by atoms with Crippen LogP contribution in [0.3, 0.4) is 0 Å². The zero-order chi connectivity index (χ0) is 26.1. The number of amides is 1. The van der Waals surface area contributed by atoms with Crippen molar-refractivity contribution in [2.24, 2.45) is 0 Å². The van der Waals surface area contributed by atoms with Gasteiger partial charge in [0, 0.05) is 31.7 Å². The molecule has 5 rings (SSSR count). The molecule has 1 aliphatic rings. The molecule has 0 saturated carbocycles. The SMILES string of the molecule is CCOc1ccc(C2C(=C(O)c3nc4c(C)cccn4c3C)C(=O)C(=O)N2CCCn2ccnc2)cc1. The van der Waals surface area contributed by atoms with E-state index in [1.165, 1.54) is 4.90 Å². The van der Waals surface area contributed by atoms with E-state index in [9.17, 15) is 14.7 Å². The van der Waals surface area contributed by atoms with Crippen LogP contribution in [0.25, 0.3) is 11.4 Å². The van der Waals surface area contributed by atoms with Gasteiger partial charge in [0.15, 0.2) is 5.76 Å². The van der Waals surface area contributed by atoms with Gasteiger partial charge in [-0.3, -0.25) is 9.59 Å². The molecule has 4 heterocycles.